The molecule has 0 spiro atoms. The normalized spacial score (nSPS) is 17.1. The third-order valence-electron chi connectivity index (χ3n) is 6.00. The van der Waals surface area contributed by atoms with Gasteiger partial charge in [-0.3, -0.25) is 14.5 Å². The summed E-state index contributed by atoms with van der Waals surface area (Å²) < 4.78 is 11.5. The Balaban J connectivity index is 1.81. The topological polar surface area (TPSA) is 76.1 Å². The molecule has 0 aromatic heterocycles. The molecule has 192 valence electrons. The molecule has 1 aliphatic rings. The van der Waals surface area contributed by atoms with Gasteiger partial charge < -0.3 is 14.6 Å². The van der Waals surface area contributed by atoms with Crippen LogP contribution in [0.2, 0.25) is 0 Å². The van der Waals surface area contributed by atoms with Gasteiger partial charge in [-0.05, 0) is 86.3 Å². The first-order chi connectivity index (χ1) is 17.7. The Kier molecular flexibility index (Phi) is 7.67. The highest BCUT2D eigenvalue weighted by molar-refractivity contribution is 6.51. The van der Waals surface area contributed by atoms with Gasteiger partial charge in [-0.15, -0.1) is 0 Å². The van der Waals surface area contributed by atoms with Crippen LogP contribution in [0.1, 0.15) is 50.4 Å². The SMILES string of the molecule is Cc1cccc(N2C(=O)C(=O)/C(=C(/O)c3ccc(OC(C)C)cc3)C2c2ccc(OCC(C)C)cc2)c1. The van der Waals surface area contributed by atoms with E-state index in [9.17, 15) is 14.7 Å². The van der Waals surface area contributed by atoms with Crippen molar-refractivity contribution >= 4 is 23.1 Å². The molecule has 1 atom stereocenters. The van der Waals surface area contributed by atoms with Gasteiger partial charge in [0.05, 0.1) is 24.3 Å². The number of benzene rings is 3. The molecule has 1 aliphatic heterocycles. The van der Waals surface area contributed by atoms with Crippen molar-refractivity contribution in [2.45, 2.75) is 46.8 Å². The number of carbonyl (C=O) groups excluding carboxylic acids is 2. The molecule has 0 aliphatic carbocycles. The number of hydrogen-bond donors (Lipinski definition) is 1. The van der Waals surface area contributed by atoms with Crippen LogP contribution in [-0.2, 0) is 9.59 Å². The molecule has 3 aromatic carbocycles. The maximum atomic E-state index is 13.4. The van der Waals surface area contributed by atoms with Crippen molar-refractivity contribution in [2.75, 3.05) is 11.5 Å². The highest BCUT2D eigenvalue weighted by Crippen LogP contribution is 2.42. The van der Waals surface area contributed by atoms with Gasteiger partial charge in [-0.25, -0.2) is 0 Å². The van der Waals surface area contributed by atoms with Crippen LogP contribution in [0, 0.1) is 12.8 Å². The molecule has 6 heteroatoms. The van der Waals surface area contributed by atoms with Gasteiger partial charge in [0.1, 0.15) is 17.3 Å². The number of ketones is 1. The molecular weight excluding hydrogens is 466 g/mol. The lowest BCUT2D eigenvalue weighted by Gasteiger charge is -2.26. The molecule has 3 aromatic rings. The van der Waals surface area contributed by atoms with Crippen molar-refractivity contribution in [3.8, 4) is 11.5 Å². The summed E-state index contributed by atoms with van der Waals surface area (Å²) in [5.74, 6) is 0.0924. The summed E-state index contributed by atoms with van der Waals surface area (Å²) >= 11 is 0. The fraction of sp³-hybridized carbons (Fsp3) is 0.290. The van der Waals surface area contributed by atoms with Crippen molar-refractivity contribution < 1.29 is 24.2 Å². The fourth-order valence-corrected chi connectivity index (χ4v) is 4.32. The molecule has 1 saturated heterocycles. The minimum Gasteiger partial charge on any atom is -0.507 e. The van der Waals surface area contributed by atoms with Gasteiger partial charge in [0.2, 0.25) is 0 Å². The minimum atomic E-state index is -0.799. The van der Waals surface area contributed by atoms with E-state index >= 15 is 0 Å². The number of amides is 1. The maximum Gasteiger partial charge on any atom is 0.300 e. The fourth-order valence-electron chi connectivity index (χ4n) is 4.32. The first-order valence-corrected chi connectivity index (χ1v) is 12.5. The lowest BCUT2D eigenvalue weighted by atomic mass is 9.95. The van der Waals surface area contributed by atoms with Crippen LogP contribution in [0.5, 0.6) is 11.5 Å². The molecule has 6 nitrogen and oxygen atoms in total. The van der Waals surface area contributed by atoms with Gasteiger partial charge in [0.25, 0.3) is 11.7 Å². The monoisotopic (exact) mass is 499 g/mol. The smallest absolute Gasteiger partial charge is 0.300 e. The maximum absolute atomic E-state index is 13.4. The van der Waals surface area contributed by atoms with Crippen molar-refractivity contribution in [2.24, 2.45) is 5.92 Å². The number of carbonyl (C=O) groups is 2. The Morgan fingerprint density at radius 1 is 0.919 bits per heavy atom. The van der Waals surface area contributed by atoms with Gasteiger partial charge >= 0.3 is 0 Å². The summed E-state index contributed by atoms with van der Waals surface area (Å²) in [4.78, 5) is 28.2. The van der Waals surface area contributed by atoms with Crippen LogP contribution in [0.25, 0.3) is 5.76 Å². The first-order valence-electron chi connectivity index (χ1n) is 12.5. The van der Waals surface area contributed by atoms with Crippen molar-refractivity contribution in [3.05, 3.63) is 95.1 Å². The number of aliphatic hydroxyl groups excluding tert-OH is 1. The standard InChI is InChI=1S/C31H33NO5/c1-19(2)18-36-25-13-9-22(10-14-25)28-27(29(33)23-11-15-26(16-12-23)37-20(3)4)30(34)31(35)32(28)24-8-6-7-21(5)17-24/h6-17,19-20,28,33H,18H2,1-5H3/b29-27+. The Morgan fingerprint density at radius 3 is 2.16 bits per heavy atom. The number of rotatable bonds is 8. The number of aliphatic hydroxyl groups is 1. The molecule has 1 N–H and O–H groups in total. The average molecular weight is 500 g/mol. The first kappa shape index (κ1) is 26.0. The van der Waals surface area contributed by atoms with Crippen LogP contribution in [-0.4, -0.2) is 29.5 Å². The summed E-state index contributed by atoms with van der Waals surface area (Å²) in [5, 5.41) is 11.3. The Labute approximate surface area is 218 Å². The van der Waals surface area contributed by atoms with E-state index in [1.165, 1.54) is 4.90 Å². The zero-order valence-electron chi connectivity index (χ0n) is 21.9. The molecule has 1 unspecified atom stereocenters. The quantitative estimate of drug-likeness (QED) is 0.219. The number of ether oxygens (including phenoxy) is 2. The molecule has 37 heavy (non-hydrogen) atoms. The number of hydrogen-bond acceptors (Lipinski definition) is 5. The second-order valence-electron chi connectivity index (χ2n) is 9.97. The lowest BCUT2D eigenvalue weighted by Crippen LogP contribution is -2.29. The van der Waals surface area contributed by atoms with E-state index in [-0.39, 0.29) is 17.4 Å². The summed E-state index contributed by atoms with van der Waals surface area (Å²) in [6.45, 7) is 10.5. The summed E-state index contributed by atoms with van der Waals surface area (Å²) in [5.41, 5.74) is 2.71. The van der Waals surface area contributed by atoms with E-state index in [2.05, 4.69) is 13.8 Å². The molecule has 0 radical (unpaired) electrons. The predicted molar refractivity (Wildman–Crippen MR) is 145 cm³/mol. The second-order valence-corrected chi connectivity index (χ2v) is 9.97. The van der Waals surface area contributed by atoms with E-state index in [1.54, 1.807) is 30.3 Å². The van der Waals surface area contributed by atoms with Gasteiger partial charge in [0, 0.05) is 11.3 Å². The van der Waals surface area contributed by atoms with E-state index < -0.39 is 17.7 Å². The van der Waals surface area contributed by atoms with Gasteiger partial charge in [0.15, 0.2) is 0 Å². The summed E-state index contributed by atoms with van der Waals surface area (Å²) in [7, 11) is 0. The second kappa shape index (κ2) is 10.9. The van der Waals surface area contributed by atoms with Crippen molar-refractivity contribution in [3.63, 3.8) is 0 Å². The highest BCUT2D eigenvalue weighted by Gasteiger charge is 2.47. The van der Waals surface area contributed by atoms with Gasteiger partial charge in [-0.1, -0.05) is 38.1 Å². The molecule has 1 amide bonds. The highest BCUT2D eigenvalue weighted by atomic mass is 16.5. The zero-order valence-corrected chi connectivity index (χ0v) is 21.9. The van der Waals surface area contributed by atoms with Crippen molar-refractivity contribution in [1.29, 1.82) is 0 Å². The lowest BCUT2D eigenvalue weighted by molar-refractivity contribution is -0.132. The summed E-state index contributed by atoms with van der Waals surface area (Å²) in [6, 6.07) is 20.8. The molecule has 1 fully saturated rings. The van der Waals surface area contributed by atoms with E-state index in [1.807, 2.05) is 63.2 Å². The average Bonchev–Trinajstić information content (AvgIpc) is 3.13. The number of aryl methyl sites for hydroxylation is 1. The molecule has 0 saturated carbocycles. The van der Waals surface area contributed by atoms with Gasteiger partial charge in [-0.2, -0.15) is 0 Å². The third-order valence-corrected chi connectivity index (χ3v) is 6.00. The zero-order chi connectivity index (χ0) is 26.7. The minimum absolute atomic E-state index is 0.00610. The van der Waals surface area contributed by atoms with Crippen LogP contribution in [0.4, 0.5) is 5.69 Å². The van der Waals surface area contributed by atoms with Crippen LogP contribution >= 0.6 is 0 Å². The van der Waals surface area contributed by atoms with Crippen LogP contribution in [0.15, 0.2) is 78.4 Å². The molecular formula is C31H33NO5. The van der Waals surface area contributed by atoms with Crippen LogP contribution < -0.4 is 14.4 Å². The van der Waals surface area contributed by atoms with E-state index in [0.717, 1.165) is 5.56 Å². The number of nitrogens with zero attached hydrogens (tertiary/aromatic N) is 1. The summed E-state index contributed by atoms with van der Waals surface area (Å²) in [6.07, 6.45) is 0.00610. The molecule has 4 rings (SSSR count). The van der Waals surface area contributed by atoms with E-state index in [0.29, 0.717) is 40.8 Å². The Bertz CT molecular complexity index is 1310. The van der Waals surface area contributed by atoms with E-state index in [4.69, 9.17) is 9.47 Å². The third kappa shape index (κ3) is 5.69. The Hall–Kier alpha value is -4.06. The predicted octanol–water partition coefficient (Wildman–Crippen LogP) is 6.44. The van der Waals surface area contributed by atoms with Crippen molar-refractivity contribution in [1.82, 2.24) is 0 Å². The largest absolute Gasteiger partial charge is 0.507 e. The number of anilines is 1. The number of Topliss-reactive ketones (excluding diaryl/α,β-unsaturated/α-hetero) is 1. The van der Waals surface area contributed by atoms with Crippen LogP contribution in [0.3, 0.4) is 0 Å². The molecule has 1 heterocycles. The Morgan fingerprint density at radius 2 is 1.57 bits per heavy atom. The molecule has 0 bridgehead atoms.